The summed E-state index contributed by atoms with van der Waals surface area (Å²) in [6.07, 6.45) is 0.914. The van der Waals surface area contributed by atoms with E-state index in [1.54, 1.807) is 64.1 Å². The number of amides is 1. The Morgan fingerprint density at radius 3 is 2.07 bits per heavy atom. The van der Waals surface area contributed by atoms with E-state index in [-0.39, 0.29) is 10.8 Å². The van der Waals surface area contributed by atoms with Crippen LogP contribution in [0.3, 0.4) is 0 Å². The van der Waals surface area contributed by atoms with Crippen LogP contribution < -0.4 is 9.46 Å². The smallest absolute Gasteiger partial charge is 0.241 e. The number of carbonyl (C=O) groups is 1. The van der Waals surface area contributed by atoms with Crippen molar-refractivity contribution >= 4 is 15.9 Å². The minimum absolute atomic E-state index is 0.0342. The quantitative estimate of drug-likeness (QED) is 0.713. The van der Waals surface area contributed by atoms with Crippen LogP contribution in [0.5, 0.6) is 5.75 Å². The number of aryl methyl sites for hydroxylation is 1. The molecule has 0 radical (unpaired) electrons. The van der Waals surface area contributed by atoms with Crippen molar-refractivity contribution < 1.29 is 17.9 Å². The van der Waals surface area contributed by atoms with Crippen molar-refractivity contribution in [2.75, 3.05) is 14.2 Å². The fourth-order valence-corrected chi connectivity index (χ4v) is 4.25. The maximum Gasteiger partial charge on any atom is 0.241 e. The van der Waals surface area contributed by atoms with Crippen molar-refractivity contribution in [2.24, 2.45) is 0 Å². The van der Waals surface area contributed by atoms with E-state index in [1.165, 1.54) is 0 Å². The van der Waals surface area contributed by atoms with Gasteiger partial charge in [0.15, 0.2) is 0 Å². The van der Waals surface area contributed by atoms with Gasteiger partial charge in [0.1, 0.15) is 5.75 Å². The third kappa shape index (κ3) is 7.18. The Hall–Kier alpha value is -2.38. The Morgan fingerprint density at radius 2 is 1.55 bits per heavy atom. The zero-order chi connectivity index (χ0) is 21.7. The molecule has 0 aliphatic heterocycles. The fourth-order valence-electron chi connectivity index (χ4n) is 2.83. The third-order valence-electron chi connectivity index (χ3n) is 4.31. The highest BCUT2D eigenvalue weighted by molar-refractivity contribution is 7.89. The Morgan fingerprint density at radius 1 is 1.00 bits per heavy atom. The van der Waals surface area contributed by atoms with Crippen LogP contribution in [0.4, 0.5) is 0 Å². The summed E-state index contributed by atoms with van der Waals surface area (Å²) in [5.41, 5.74) is 1.41. The van der Waals surface area contributed by atoms with E-state index in [2.05, 4.69) is 4.72 Å². The maximum absolute atomic E-state index is 12.4. The number of hydrogen-bond acceptors (Lipinski definition) is 4. The molecule has 2 aromatic carbocycles. The van der Waals surface area contributed by atoms with Crippen LogP contribution in [-0.4, -0.2) is 38.9 Å². The van der Waals surface area contributed by atoms with Gasteiger partial charge in [0.25, 0.3) is 0 Å². The number of rotatable bonds is 8. The molecule has 29 heavy (non-hydrogen) atoms. The third-order valence-corrected chi connectivity index (χ3v) is 6.08. The molecule has 1 N–H and O–H groups in total. The van der Waals surface area contributed by atoms with Crippen molar-refractivity contribution in [1.82, 2.24) is 9.62 Å². The van der Waals surface area contributed by atoms with E-state index in [4.69, 9.17) is 4.74 Å². The summed E-state index contributed by atoms with van der Waals surface area (Å²) >= 11 is 0. The topological polar surface area (TPSA) is 75.7 Å². The number of methoxy groups -OCH3 is 1. The first-order valence-corrected chi connectivity index (χ1v) is 11.0. The Kier molecular flexibility index (Phi) is 7.43. The summed E-state index contributed by atoms with van der Waals surface area (Å²) in [6, 6.07) is 14.3. The van der Waals surface area contributed by atoms with Gasteiger partial charge in [0.05, 0.1) is 12.0 Å². The lowest BCUT2D eigenvalue weighted by molar-refractivity contribution is -0.130. The summed E-state index contributed by atoms with van der Waals surface area (Å²) in [5, 5.41) is 0. The first kappa shape index (κ1) is 22.9. The highest BCUT2D eigenvalue weighted by Gasteiger charge is 2.21. The van der Waals surface area contributed by atoms with Gasteiger partial charge in [-0.3, -0.25) is 4.79 Å². The Labute approximate surface area is 173 Å². The van der Waals surface area contributed by atoms with E-state index >= 15 is 0 Å². The number of ether oxygens (including phenoxy) is 1. The molecule has 0 unspecified atom stereocenters. The van der Waals surface area contributed by atoms with Crippen molar-refractivity contribution in [3.8, 4) is 5.75 Å². The molecule has 158 valence electrons. The Balaban J connectivity index is 1.91. The van der Waals surface area contributed by atoms with Gasteiger partial charge in [-0.2, -0.15) is 0 Å². The summed E-state index contributed by atoms with van der Waals surface area (Å²) in [4.78, 5) is 14.3. The Bertz CT molecular complexity index is 915. The van der Waals surface area contributed by atoms with Crippen LogP contribution in [0.2, 0.25) is 0 Å². The molecule has 0 spiro atoms. The molecule has 0 aliphatic carbocycles. The molecule has 0 bridgehead atoms. The molecular formula is C22H30N2O4S. The highest BCUT2D eigenvalue weighted by Crippen LogP contribution is 2.16. The van der Waals surface area contributed by atoms with E-state index in [9.17, 15) is 13.2 Å². The maximum atomic E-state index is 12.4. The SMILES string of the molecule is COc1ccc(CN(C)C(=O)CCc2ccc(S(=O)(=O)NC(C)(C)C)cc2)cc1. The number of carbonyl (C=O) groups excluding carboxylic acids is 1. The molecule has 0 atom stereocenters. The fraction of sp³-hybridized carbons (Fsp3) is 0.409. The largest absolute Gasteiger partial charge is 0.497 e. The van der Waals surface area contributed by atoms with Crippen molar-refractivity contribution in [3.63, 3.8) is 0 Å². The summed E-state index contributed by atoms with van der Waals surface area (Å²) in [7, 11) is -0.156. The zero-order valence-electron chi connectivity index (χ0n) is 17.7. The summed E-state index contributed by atoms with van der Waals surface area (Å²) < 4.78 is 32.5. The lowest BCUT2D eigenvalue weighted by Gasteiger charge is -2.20. The van der Waals surface area contributed by atoms with Crippen molar-refractivity contribution in [3.05, 3.63) is 59.7 Å². The lowest BCUT2D eigenvalue weighted by atomic mass is 10.1. The van der Waals surface area contributed by atoms with Gasteiger partial charge in [-0.15, -0.1) is 0 Å². The number of benzene rings is 2. The molecule has 0 fully saturated rings. The molecule has 2 rings (SSSR count). The van der Waals surface area contributed by atoms with Crippen molar-refractivity contribution in [2.45, 2.75) is 50.6 Å². The van der Waals surface area contributed by atoms with Crippen LogP contribution in [0.1, 0.15) is 38.3 Å². The molecule has 0 saturated carbocycles. The monoisotopic (exact) mass is 418 g/mol. The number of nitrogens with one attached hydrogen (secondary N) is 1. The van der Waals surface area contributed by atoms with Gasteiger partial charge in [-0.1, -0.05) is 24.3 Å². The van der Waals surface area contributed by atoms with Crippen LogP contribution in [0.25, 0.3) is 0 Å². The van der Waals surface area contributed by atoms with Gasteiger partial charge in [0.2, 0.25) is 15.9 Å². The van der Waals surface area contributed by atoms with E-state index in [0.717, 1.165) is 16.9 Å². The normalized spacial score (nSPS) is 11.9. The minimum atomic E-state index is -3.55. The molecule has 0 aliphatic rings. The predicted octanol–water partition coefficient (Wildman–Crippen LogP) is 3.36. The average Bonchev–Trinajstić information content (AvgIpc) is 2.65. The van der Waals surface area contributed by atoms with Gasteiger partial charge >= 0.3 is 0 Å². The number of nitrogens with zero attached hydrogens (tertiary/aromatic N) is 1. The summed E-state index contributed by atoms with van der Waals surface area (Å²) in [5.74, 6) is 0.817. The molecule has 1 amide bonds. The zero-order valence-corrected chi connectivity index (χ0v) is 18.5. The van der Waals surface area contributed by atoms with Crippen LogP contribution in [0.15, 0.2) is 53.4 Å². The van der Waals surface area contributed by atoms with E-state index in [0.29, 0.717) is 19.4 Å². The van der Waals surface area contributed by atoms with Crippen LogP contribution in [0, 0.1) is 0 Å². The van der Waals surface area contributed by atoms with Crippen molar-refractivity contribution in [1.29, 1.82) is 0 Å². The average molecular weight is 419 g/mol. The highest BCUT2D eigenvalue weighted by atomic mass is 32.2. The first-order valence-electron chi connectivity index (χ1n) is 9.50. The number of hydrogen-bond donors (Lipinski definition) is 1. The molecule has 2 aromatic rings. The molecule has 6 nitrogen and oxygen atoms in total. The van der Waals surface area contributed by atoms with E-state index in [1.807, 2.05) is 24.3 Å². The predicted molar refractivity (Wildman–Crippen MR) is 114 cm³/mol. The second kappa shape index (κ2) is 9.41. The lowest BCUT2D eigenvalue weighted by Crippen LogP contribution is -2.40. The molecule has 7 heteroatoms. The van der Waals surface area contributed by atoms with Gasteiger partial charge in [-0.25, -0.2) is 13.1 Å². The van der Waals surface area contributed by atoms with Crippen LogP contribution >= 0.6 is 0 Å². The van der Waals surface area contributed by atoms with Gasteiger partial charge < -0.3 is 9.64 Å². The number of sulfonamides is 1. The molecule has 0 saturated heterocycles. The molecule has 0 heterocycles. The summed E-state index contributed by atoms with van der Waals surface area (Å²) in [6.45, 7) is 5.92. The molecular weight excluding hydrogens is 388 g/mol. The standard InChI is InChI=1S/C22H30N2O4S/c1-22(2,3)23-29(26,27)20-13-8-17(9-14-20)10-15-21(25)24(4)16-18-6-11-19(28-5)12-7-18/h6-9,11-14,23H,10,15-16H2,1-5H3. The second-order valence-corrected chi connectivity index (χ2v) is 9.78. The second-order valence-electron chi connectivity index (χ2n) is 8.10. The van der Waals surface area contributed by atoms with Gasteiger partial charge in [0, 0.05) is 25.6 Å². The van der Waals surface area contributed by atoms with Gasteiger partial charge in [-0.05, 0) is 62.6 Å². The van der Waals surface area contributed by atoms with E-state index < -0.39 is 15.6 Å². The minimum Gasteiger partial charge on any atom is -0.497 e. The first-order chi connectivity index (χ1) is 13.5. The molecule has 0 aromatic heterocycles. The van der Waals surface area contributed by atoms with Crippen LogP contribution in [-0.2, 0) is 27.8 Å².